The van der Waals surface area contributed by atoms with Crippen LogP contribution in [-0.4, -0.2) is 33.9 Å². The molecule has 0 saturated carbocycles. The van der Waals surface area contributed by atoms with E-state index in [1.54, 1.807) is 0 Å². The number of azide groups is 1. The van der Waals surface area contributed by atoms with Gasteiger partial charge in [0.1, 0.15) is 11.9 Å². The molecule has 0 bridgehead atoms. The van der Waals surface area contributed by atoms with Gasteiger partial charge in [0.05, 0.1) is 18.2 Å². The standard InChI is InChI=1S/C10H10FN3O4/c11-7-2-1-5(3-6(7)10(17)18)9(16)8(15)4-13-14-12/h1-3,8-9,15-16H,4H2,(H,17,18). The molecule has 0 fully saturated rings. The van der Waals surface area contributed by atoms with Crippen molar-refractivity contribution < 1.29 is 24.5 Å². The summed E-state index contributed by atoms with van der Waals surface area (Å²) < 4.78 is 13.1. The Morgan fingerprint density at radius 1 is 1.50 bits per heavy atom. The van der Waals surface area contributed by atoms with Crippen LogP contribution in [0.2, 0.25) is 0 Å². The topological polar surface area (TPSA) is 127 Å². The number of carbonyl (C=O) groups is 1. The van der Waals surface area contributed by atoms with E-state index >= 15 is 0 Å². The van der Waals surface area contributed by atoms with Gasteiger partial charge in [-0.25, -0.2) is 9.18 Å². The van der Waals surface area contributed by atoms with Gasteiger partial charge < -0.3 is 15.3 Å². The van der Waals surface area contributed by atoms with Gasteiger partial charge in [0.15, 0.2) is 0 Å². The van der Waals surface area contributed by atoms with E-state index in [-0.39, 0.29) is 12.1 Å². The second-order valence-corrected chi connectivity index (χ2v) is 3.47. The molecule has 2 unspecified atom stereocenters. The van der Waals surface area contributed by atoms with Gasteiger partial charge >= 0.3 is 5.97 Å². The van der Waals surface area contributed by atoms with E-state index in [2.05, 4.69) is 10.0 Å². The Morgan fingerprint density at radius 2 is 2.17 bits per heavy atom. The van der Waals surface area contributed by atoms with E-state index in [0.29, 0.717) is 0 Å². The first-order valence-corrected chi connectivity index (χ1v) is 4.87. The predicted molar refractivity (Wildman–Crippen MR) is 58.3 cm³/mol. The first-order valence-electron chi connectivity index (χ1n) is 4.87. The molecule has 0 spiro atoms. The third-order valence-corrected chi connectivity index (χ3v) is 2.26. The van der Waals surface area contributed by atoms with Crippen LogP contribution in [0.3, 0.4) is 0 Å². The van der Waals surface area contributed by atoms with E-state index < -0.39 is 29.6 Å². The Labute approximate surface area is 101 Å². The zero-order valence-electron chi connectivity index (χ0n) is 9.06. The number of aromatic carboxylic acids is 1. The monoisotopic (exact) mass is 255 g/mol. The maximum absolute atomic E-state index is 13.1. The Hall–Kier alpha value is -2.15. The van der Waals surface area contributed by atoms with Crippen LogP contribution in [0.15, 0.2) is 23.3 Å². The van der Waals surface area contributed by atoms with Crippen molar-refractivity contribution in [1.29, 1.82) is 0 Å². The second-order valence-electron chi connectivity index (χ2n) is 3.47. The lowest BCUT2D eigenvalue weighted by atomic mass is 10.0. The highest BCUT2D eigenvalue weighted by molar-refractivity contribution is 5.88. The fraction of sp³-hybridized carbons (Fsp3) is 0.300. The van der Waals surface area contributed by atoms with E-state index in [9.17, 15) is 19.4 Å². The van der Waals surface area contributed by atoms with Crippen LogP contribution in [0.4, 0.5) is 4.39 Å². The molecule has 7 nitrogen and oxygen atoms in total. The minimum atomic E-state index is -1.48. The normalized spacial score (nSPS) is 13.5. The highest BCUT2D eigenvalue weighted by Crippen LogP contribution is 2.20. The summed E-state index contributed by atoms with van der Waals surface area (Å²) in [6.45, 7) is -0.378. The van der Waals surface area contributed by atoms with Crippen LogP contribution in [0, 0.1) is 5.82 Å². The lowest BCUT2D eigenvalue weighted by Gasteiger charge is -2.16. The number of benzene rings is 1. The third-order valence-electron chi connectivity index (χ3n) is 2.26. The van der Waals surface area contributed by atoms with Crippen molar-refractivity contribution in [1.82, 2.24) is 0 Å². The number of aliphatic hydroxyl groups is 2. The van der Waals surface area contributed by atoms with Crippen molar-refractivity contribution in [3.63, 3.8) is 0 Å². The molecule has 0 radical (unpaired) electrons. The van der Waals surface area contributed by atoms with Gasteiger partial charge in [-0.2, -0.15) is 0 Å². The first kappa shape index (κ1) is 13.9. The lowest BCUT2D eigenvalue weighted by molar-refractivity contribution is 0.0242. The van der Waals surface area contributed by atoms with Gasteiger partial charge in [0, 0.05) is 4.91 Å². The molecule has 0 aliphatic heterocycles. The lowest BCUT2D eigenvalue weighted by Crippen LogP contribution is -2.21. The fourth-order valence-electron chi connectivity index (χ4n) is 1.33. The Kier molecular flexibility index (Phi) is 4.61. The molecule has 96 valence electrons. The molecular weight excluding hydrogens is 245 g/mol. The molecule has 0 aromatic heterocycles. The molecule has 1 aromatic carbocycles. The molecule has 0 heterocycles. The van der Waals surface area contributed by atoms with E-state index in [4.69, 9.17) is 10.6 Å². The van der Waals surface area contributed by atoms with E-state index in [1.165, 1.54) is 0 Å². The number of carboxylic acid groups (broad SMARTS) is 1. The smallest absolute Gasteiger partial charge is 0.338 e. The first-order chi connectivity index (χ1) is 8.47. The van der Waals surface area contributed by atoms with Gasteiger partial charge in [-0.1, -0.05) is 11.2 Å². The maximum atomic E-state index is 13.1. The average molecular weight is 255 g/mol. The van der Waals surface area contributed by atoms with Crippen LogP contribution < -0.4 is 0 Å². The van der Waals surface area contributed by atoms with E-state index in [1.807, 2.05) is 0 Å². The van der Waals surface area contributed by atoms with Crippen molar-refractivity contribution in [2.45, 2.75) is 12.2 Å². The third kappa shape index (κ3) is 3.17. The molecule has 1 rings (SSSR count). The van der Waals surface area contributed by atoms with E-state index in [0.717, 1.165) is 18.2 Å². The Balaban J connectivity index is 2.99. The Morgan fingerprint density at radius 3 is 2.72 bits per heavy atom. The van der Waals surface area contributed by atoms with Crippen LogP contribution in [0.5, 0.6) is 0 Å². The van der Waals surface area contributed by atoms with Gasteiger partial charge in [-0.15, -0.1) is 0 Å². The Bertz CT molecular complexity index is 502. The summed E-state index contributed by atoms with van der Waals surface area (Å²) in [5.41, 5.74) is 7.47. The summed E-state index contributed by atoms with van der Waals surface area (Å²) in [7, 11) is 0. The minimum Gasteiger partial charge on any atom is -0.478 e. The molecule has 0 saturated heterocycles. The van der Waals surface area contributed by atoms with Crippen LogP contribution in [-0.2, 0) is 0 Å². The zero-order chi connectivity index (χ0) is 13.7. The average Bonchev–Trinajstić information content (AvgIpc) is 2.35. The van der Waals surface area contributed by atoms with Crippen molar-refractivity contribution in [3.8, 4) is 0 Å². The fourth-order valence-corrected chi connectivity index (χ4v) is 1.33. The van der Waals surface area contributed by atoms with Crippen LogP contribution in [0.1, 0.15) is 22.0 Å². The number of hydrogen-bond donors (Lipinski definition) is 3. The highest BCUT2D eigenvalue weighted by Gasteiger charge is 2.20. The molecule has 3 N–H and O–H groups in total. The maximum Gasteiger partial charge on any atom is 0.338 e. The molecule has 1 aromatic rings. The summed E-state index contributed by atoms with van der Waals surface area (Å²) in [6.07, 6.45) is -2.86. The molecule has 0 aliphatic carbocycles. The highest BCUT2D eigenvalue weighted by atomic mass is 19.1. The number of hydrogen-bond acceptors (Lipinski definition) is 4. The number of aliphatic hydroxyl groups excluding tert-OH is 2. The summed E-state index contributed by atoms with van der Waals surface area (Å²) in [6, 6.07) is 2.94. The predicted octanol–water partition coefficient (Wildman–Crippen LogP) is 1.23. The van der Waals surface area contributed by atoms with Crippen molar-refractivity contribution in [2.24, 2.45) is 5.11 Å². The van der Waals surface area contributed by atoms with Crippen LogP contribution >= 0.6 is 0 Å². The second kappa shape index (κ2) is 5.97. The molecule has 0 amide bonds. The van der Waals surface area contributed by atoms with Gasteiger partial charge in [-0.05, 0) is 23.2 Å². The number of rotatable bonds is 5. The quantitative estimate of drug-likeness (QED) is 0.415. The van der Waals surface area contributed by atoms with Crippen molar-refractivity contribution in [3.05, 3.63) is 45.6 Å². The van der Waals surface area contributed by atoms with Gasteiger partial charge in [0.2, 0.25) is 0 Å². The van der Waals surface area contributed by atoms with Gasteiger partial charge in [0.25, 0.3) is 0 Å². The van der Waals surface area contributed by atoms with Crippen molar-refractivity contribution >= 4 is 5.97 Å². The number of carboxylic acids is 1. The van der Waals surface area contributed by atoms with Gasteiger partial charge in [-0.3, -0.25) is 0 Å². The molecule has 18 heavy (non-hydrogen) atoms. The van der Waals surface area contributed by atoms with Crippen LogP contribution in [0.25, 0.3) is 10.4 Å². The number of halogens is 1. The zero-order valence-corrected chi connectivity index (χ0v) is 9.06. The minimum absolute atomic E-state index is 0.0226. The summed E-state index contributed by atoms with van der Waals surface area (Å²) >= 11 is 0. The molecular formula is C10H10FN3O4. The molecule has 8 heteroatoms. The number of nitrogens with zero attached hydrogens (tertiary/aromatic N) is 3. The SMILES string of the molecule is [N-]=[N+]=NCC(O)C(O)c1ccc(F)c(C(=O)O)c1. The molecule has 2 atom stereocenters. The summed E-state index contributed by atoms with van der Waals surface area (Å²) in [5, 5.41) is 30.9. The summed E-state index contributed by atoms with van der Waals surface area (Å²) in [4.78, 5) is 13.1. The van der Waals surface area contributed by atoms with Crippen molar-refractivity contribution in [2.75, 3.05) is 6.54 Å². The molecule has 0 aliphatic rings. The summed E-state index contributed by atoms with van der Waals surface area (Å²) in [5.74, 6) is -2.42. The largest absolute Gasteiger partial charge is 0.478 e.